The average Bonchev–Trinajstić information content (AvgIpc) is 2.58. The van der Waals surface area contributed by atoms with Crippen molar-refractivity contribution in [3.63, 3.8) is 0 Å². The van der Waals surface area contributed by atoms with Crippen LogP contribution in [0.25, 0.3) is 0 Å². The molecule has 0 radical (unpaired) electrons. The molecule has 2 rings (SSSR count). The number of fused-ring (bicyclic) bond motifs is 1. The molecular weight excluding hydrogens is 304 g/mol. The quantitative estimate of drug-likeness (QED) is 0.743. The van der Waals surface area contributed by atoms with E-state index in [4.69, 9.17) is 4.74 Å². The summed E-state index contributed by atoms with van der Waals surface area (Å²) in [7, 11) is 1.37. The van der Waals surface area contributed by atoms with E-state index in [1.165, 1.54) is 7.11 Å². The first-order chi connectivity index (χ1) is 11.4. The average molecular weight is 326 g/mol. The molecule has 0 aromatic heterocycles. The molecule has 0 fully saturated rings. The van der Waals surface area contributed by atoms with E-state index in [0.717, 1.165) is 6.42 Å². The van der Waals surface area contributed by atoms with E-state index < -0.39 is 0 Å². The molecule has 0 saturated carbocycles. The van der Waals surface area contributed by atoms with Crippen LogP contribution in [0.15, 0.2) is 47.2 Å². The molecule has 126 valence electrons. The second-order valence-corrected chi connectivity index (χ2v) is 6.09. The third kappa shape index (κ3) is 3.23. The molecule has 1 aromatic carbocycles. The van der Waals surface area contributed by atoms with Crippen LogP contribution in [0.4, 0.5) is 0 Å². The van der Waals surface area contributed by atoms with Crippen molar-refractivity contribution < 1.29 is 19.1 Å². The summed E-state index contributed by atoms with van der Waals surface area (Å²) in [4.78, 5) is 37.8. The van der Waals surface area contributed by atoms with Crippen molar-refractivity contribution in [1.82, 2.24) is 0 Å². The van der Waals surface area contributed by atoms with Crippen molar-refractivity contribution in [2.24, 2.45) is 5.92 Å². The van der Waals surface area contributed by atoms with Crippen LogP contribution in [-0.2, 0) is 9.53 Å². The molecule has 1 aliphatic rings. The van der Waals surface area contributed by atoms with E-state index in [0.29, 0.717) is 23.1 Å². The fraction of sp³-hybridized carbons (Fsp3) is 0.350. The van der Waals surface area contributed by atoms with Gasteiger partial charge < -0.3 is 4.74 Å². The molecule has 0 bridgehead atoms. The Morgan fingerprint density at radius 2 is 1.71 bits per heavy atom. The largest absolute Gasteiger partial charge is 0.492 e. The highest BCUT2D eigenvalue weighted by molar-refractivity contribution is 6.27. The van der Waals surface area contributed by atoms with Crippen molar-refractivity contribution in [2.45, 2.75) is 33.6 Å². The van der Waals surface area contributed by atoms with Gasteiger partial charge in [-0.05, 0) is 18.1 Å². The van der Waals surface area contributed by atoms with Gasteiger partial charge in [0.2, 0.25) is 5.78 Å². The Kier molecular flexibility index (Phi) is 5.50. The monoisotopic (exact) mass is 326 g/mol. The van der Waals surface area contributed by atoms with Crippen molar-refractivity contribution in [1.29, 1.82) is 0 Å². The zero-order valence-electron chi connectivity index (χ0n) is 14.5. The topological polar surface area (TPSA) is 60.4 Å². The molecule has 1 aliphatic carbocycles. The van der Waals surface area contributed by atoms with E-state index >= 15 is 0 Å². The molecule has 1 aromatic rings. The van der Waals surface area contributed by atoms with Gasteiger partial charge in [-0.3, -0.25) is 14.4 Å². The summed E-state index contributed by atoms with van der Waals surface area (Å²) in [5, 5.41) is 0. The minimum absolute atomic E-state index is 0.00357. The van der Waals surface area contributed by atoms with Crippen LogP contribution in [0.5, 0.6) is 0 Å². The van der Waals surface area contributed by atoms with Crippen molar-refractivity contribution in [3.05, 3.63) is 58.4 Å². The predicted molar refractivity (Wildman–Crippen MR) is 92.0 cm³/mol. The summed E-state index contributed by atoms with van der Waals surface area (Å²) in [5.41, 5.74) is 1.40. The van der Waals surface area contributed by atoms with Gasteiger partial charge in [-0.2, -0.15) is 0 Å². The number of benzene rings is 1. The third-order valence-corrected chi connectivity index (χ3v) is 3.99. The van der Waals surface area contributed by atoms with Gasteiger partial charge in [0, 0.05) is 17.0 Å². The van der Waals surface area contributed by atoms with E-state index in [2.05, 4.69) is 0 Å². The van der Waals surface area contributed by atoms with Gasteiger partial charge in [-0.15, -0.1) is 0 Å². The number of hydrogen-bond acceptors (Lipinski definition) is 4. The third-order valence-electron chi connectivity index (χ3n) is 3.99. The van der Waals surface area contributed by atoms with Crippen LogP contribution in [0.1, 0.15) is 54.3 Å². The maximum atomic E-state index is 12.8. The van der Waals surface area contributed by atoms with E-state index in [1.807, 2.05) is 20.8 Å². The maximum absolute atomic E-state index is 12.8. The lowest BCUT2D eigenvalue weighted by atomic mass is 9.85. The summed E-state index contributed by atoms with van der Waals surface area (Å²) in [6, 6.07) is 6.67. The Morgan fingerprint density at radius 3 is 2.21 bits per heavy atom. The number of ether oxygens (including phenoxy) is 1. The van der Waals surface area contributed by atoms with Crippen LogP contribution in [0.3, 0.4) is 0 Å². The molecule has 0 atom stereocenters. The Balaban J connectivity index is 2.61. The number of hydrogen-bond donors (Lipinski definition) is 0. The zero-order chi connectivity index (χ0) is 17.9. The Bertz CT molecular complexity index is 751. The molecule has 24 heavy (non-hydrogen) atoms. The first-order valence-electron chi connectivity index (χ1n) is 8.13. The number of rotatable bonds is 6. The molecule has 0 amide bonds. The van der Waals surface area contributed by atoms with E-state index in [9.17, 15) is 14.4 Å². The first kappa shape index (κ1) is 17.9. The van der Waals surface area contributed by atoms with Crippen LogP contribution in [0.2, 0.25) is 0 Å². The lowest BCUT2D eigenvalue weighted by molar-refractivity contribution is -0.118. The highest BCUT2D eigenvalue weighted by Crippen LogP contribution is 2.29. The summed E-state index contributed by atoms with van der Waals surface area (Å²) >= 11 is 0. The molecule has 4 nitrogen and oxygen atoms in total. The smallest absolute Gasteiger partial charge is 0.229 e. The second-order valence-electron chi connectivity index (χ2n) is 6.09. The molecule has 0 heterocycles. The Morgan fingerprint density at radius 1 is 1.12 bits per heavy atom. The SMILES string of the molecule is CCCC(=CC1=C(OC)C(=O)c2ccccc2C1=O)C(=O)C(C)C. The first-order valence-corrected chi connectivity index (χ1v) is 8.13. The van der Waals surface area contributed by atoms with E-state index in [1.54, 1.807) is 30.3 Å². The lowest BCUT2D eigenvalue weighted by Crippen LogP contribution is -2.23. The summed E-state index contributed by atoms with van der Waals surface area (Å²) in [5.74, 6) is -0.794. The molecule has 0 unspecified atom stereocenters. The number of allylic oxidation sites excluding steroid dienone is 4. The number of carbonyl (C=O) groups excluding carboxylic acids is 3. The van der Waals surface area contributed by atoms with Gasteiger partial charge in [-0.25, -0.2) is 0 Å². The van der Waals surface area contributed by atoms with Gasteiger partial charge in [-0.1, -0.05) is 51.5 Å². The summed E-state index contributed by atoms with van der Waals surface area (Å²) in [6.07, 6.45) is 2.88. The van der Waals surface area contributed by atoms with Crippen molar-refractivity contribution >= 4 is 17.3 Å². The van der Waals surface area contributed by atoms with Crippen LogP contribution in [-0.4, -0.2) is 24.5 Å². The van der Waals surface area contributed by atoms with Crippen LogP contribution < -0.4 is 0 Å². The number of Topliss-reactive ketones (excluding diaryl/α,β-unsaturated/α-hetero) is 3. The molecule has 0 N–H and O–H groups in total. The molecule has 4 heteroatoms. The van der Waals surface area contributed by atoms with Gasteiger partial charge in [0.1, 0.15) is 0 Å². The summed E-state index contributed by atoms with van der Waals surface area (Å²) in [6.45, 7) is 5.61. The number of methoxy groups -OCH3 is 1. The fourth-order valence-corrected chi connectivity index (χ4v) is 2.79. The van der Waals surface area contributed by atoms with Crippen molar-refractivity contribution in [2.75, 3.05) is 7.11 Å². The molecule has 0 spiro atoms. The summed E-state index contributed by atoms with van der Waals surface area (Å²) < 4.78 is 5.22. The van der Waals surface area contributed by atoms with Gasteiger partial charge in [0.25, 0.3) is 0 Å². The highest BCUT2D eigenvalue weighted by Gasteiger charge is 2.32. The van der Waals surface area contributed by atoms with Crippen LogP contribution >= 0.6 is 0 Å². The second kappa shape index (κ2) is 7.39. The zero-order valence-corrected chi connectivity index (χ0v) is 14.5. The van der Waals surface area contributed by atoms with Gasteiger partial charge >= 0.3 is 0 Å². The minimum Gasteiger partial charge on any atom is -0.492 e. The lowest BCUT2D eigenvalue weighted by Gasteiger charge is -2.19. The number of ketones is 3. The normalized spacial score (nSPS) is 15.0. The minimum atomic E-state index is -0.327. The fourth-order valence-electron chi connectivity index (χ4n) is 2.79. The molecule has 0 saturated heterocycles. The molecule has 0 aliphatic heterocycles. The van der Waals surface area contributed by atoms with Gasteiger partial charge in [0.05, 0.1) is 12.7 Å². The maximum Gasteiger partial charge on any atom is 0.229 e. The van der Waals surface area contributed by atoms with E-state index in [-0.39, 0.29) is 34.6 Å². The highest BCUT2D eigenvalue weighted by atomic mass is 16.5. The predicted octanol–water partition coefficient (Wildman–Crippen LogP) is 3.92. The van der Waals surface area contributed by atoms with Crippen molar-refractivity contribution in [3.8, 4) is 0 Å². The number of carbonyl (C=O) groups is 3. The van der Waals surface area contributed by atoms with Gasteiger partial charge in [0.15, 0.2) is 17.3 Å². The Hall–Kier alpha value is -2.49. The standard InChI is InChI=1S/C20H22O4/c1-5-8-13(17(21)12(2)3)11-16-18(22)14-9-6-7-10-15(14)19(23)20(16)24-4/h6-7,9-12H,5,8H2,1-4H3. The Labute approximate surface area is 142 Å². The van der Waals surface area contributed by atoms with Crippen LogP contribution in [0, 0.1) is 5.92 Å². The molecular formula is C20H22O4.